The Kier molecular flexibility index (Phi) is 4.14. The van der Waals surface area contributed by atoms with Crippen LogP contribution < -0.4 is 10.6 Å². The number of amidine groups is 1. The number of aliphatic imine (C=N–C) groups is 2. The first-order valence-electron chi connectivity index (χ1n) is 7.16. The number of fused-ring (bicyclic) bond motifs is 1. The molecule has 6 nitrogen and oxygen atoms in total. The van der Waals surface area contributed by atoms with Gasteiger partial charge in [-0.3, -0.25) is 5.41 Å². The molecule has 23 heavy (non-hydrogen) atoms. The molecule has 0 unspecified atom stereocenters. The van der Waals surface area contributed by atoms with E-state index in [1.54, 1.807) is 5.32 Å². The first-order valence-corrected chi connectivity index (χ1v) is 7.16. The van der Waals surface area contributed by atoms with E-state index in [9.17, 15) is 13.2 Å². The lowest BCUT2D eigenvalue weighted by molar-refractivity contribution is -0.421. The number of benzene rings is 1. The maximum Gasteiger partial charge on any atom is 0.416 e. The smallest absolute Gasteiger partial charge is 0.313 e. The fraction of sp³-hybridized carbons (Fsp3) is 0.357. The molecule has 2 aliphatic rings. The van der Waals surface area contributed by atoms with Crippen molar-refractivity contribution in [2.45, 2.75) is 6.18 Å². The van der Waals surface area contributed by atoms with Crippen molar-refractivity contribution >= 4 is 23.8 Å². The predicted molar refractivity (Wildman–Crippen MR) is 80.2 cm³/mol. The van der Waals surface area contributed by atoms with Gasteiger partial charge in [-0.25, -0.2) is 5.32 Å². The monoisotopic (exact) mass is 325 g/mol. The van der Waals surface area contributed by atoms with Crippen LogP contribution >= 0.6 is 0 Å². The van der Waals surface area contributed by atoms with Gasteiger partial charge in [0.1, 0.15) is 6.34 Å². The van der Waals surface area contributed by atoms with Crippen LogP contribution in [0.1, 0.15) is 11.1 Å². The minimum Gasteiger partial charge on any atom is -0.313 e. The van der Waals surface area contributed by atoms with Crippen molar-refractivity contribution in [1.29, 1.82) is 5.41 Å². The molecule has 1 fully saturated rings. The zero-order chi connectivity index (χ0) is 16.4. The van der Waals surface area contributed by atoms with Crippen molar-refractivity contribution in [2.75, 3.05) is 26.2 Å². The summed E-state index contributed by atoms with van der Waals surface area (Å²) in [6, 6.07) is 3.41. The number of hydrogen-bond donors (Lipinski definition) is 3. The summed E-state index contributed by atoms with van der Waals surface area (Å²) in [7, 11) is 0. The molecule has 1 aromatic carbocycles. The number of piperazine rings is 1. The van der Waals surface area contributed by atoms with Gasteiger partial charge in [-0.15, -0.1) is 0 Å². The largest absolute Gasteiger partial charge is 0.416 e. The highest BCUT2D eigenvalue weighted by atomic mass is 19.4. The van der Waals surface area contributed by atoms with Crippen LogP contribution in [-0.2, 0) is 6.18 Å². The zero-order valence-electron chi connectivity index (χ0n) is 12.2. The Morgan fingerprint density at radius 1 is 1.30 bits per heavy atom. The van der Waals surface area contributed by atoms with Gasteiger partial charge in [-0.2, -0.15) is 23.2 Å². The first kappa shape index (κ1) is 15.6. The second kappa shape index (κ2) is 6.09. The molecule has 1 saturated heterocycles. The van der Waals surface area contributed by atoms with Gasteiger partial charge in [-0.05, 0) is 18.2 Å². The van der Waals surface area contributed by atoms with Gasteiger partial charge in [-0.1, -0.05) is 0 Å². The summed E-state index contributed by atoms with van der Waals surface area (Å²) in [4.78, 5) is 10.4. The third-order valence-corrected chi connectivity index (χ3v) is 3.75. The second-order valence-electron chi connectivity index (χ2n) is 5.22. The van der Waals surface area contributed by atoms with Crippen LogP contribution in [0, 0.1) is 5.41 Å². The third kappa shape index (κ3) is 3.25. The van der Waals surface area contributed by atoms with E-state index in [0.29, 0.717) is 23.0 Å². The number of alkyl halides is 3. The van der Waals surface area contributed by atoms with E-state index in [-0.39, 0.29) is 0 Å². The fourth-order valence-electron chi connectivity index (χ4n) is 2.60. The molecule has 9 heteroatoms. The number of guanidine groups is 1. The Morgan fingerprint density at radius 3 is 2.70 bits per heavy atom. The van der Waals surface area contributed by atoms with Crippen molar-refractivity contribution in [2.24, 2.45) is 9.98 Å². The number of nitrogens with one attached hydrogen (secondary N) is 2. The van der Waals surface area contributed by atoms with Crippen LogP contribution in [0.15, 0.2) is 28.2 Å². The van der Waals surface area contributed by atoms with Crippen LogP contribution in [0.5, 0.6) is 0 Å². The molecule has 4 N–H and O–H groups in total. The minimum absolute atomic E-state index is 0.294. The van der Waals surface area contributed by atoms with E-state index in [1.165, 1.54) is 6.07 Å². The SMILES string of the molecule is N=CN=C1[NH2+]C(N2CCNCC2)=Nc2ccc(C(F)(F)F)cc21. The molecular formula is C14H16F3N6+. The normalized spacial score (nSPS) is 20.2. The molecule has 2 heterocycles. The quantitative estimate of drug-likeness (QED) is 0.520. The molecule has 2 aliphatic heterocycles. The van der Waals surface area contributed by atoms with Gasteiger partial charge in [0.15, 0.2) is 0 Å². The molecule has 3 rings (SSSR count). The van der Waals surface area contributed by atoms with E-state index < -0.39 is 11.7 Å². The number of rotatable bonds is 1. The topological polar surface area (TPSA) is 80.5 Å². The molecule has 0 bridgehead atoms. The highest BCUT2D eigenvalue weighted by Crippen LogP contribution is 2.33. The molecule has 0 aromatic heterocycles. The number of halogens is 3. The van der Waals surface area contributed by atoms with Crippen molar-refractivity contribution in [3.63, 3.8) is 0 Å². The van der Waals surface area contributed by atoms with Gasteiger partial charge in [0.2, 0.25) is 5.84 Å². The van der Waals surface area contributed by atoms with Crippen molar-refractivity contribution in [3.05, 3.63) is 29.3 Å². The van der Waals surface area contributed by atoms with Crippen LogP contribution in [0.25, 0.3) is 0 Å². The Morgan fingerprint density at radius 2 is 2.04 bits per heavy atom. The molecule has 0 saturated carbocycles. The van der Waals surface area contributed by atoms with Gasteiger partial charge in [0.05, 0.1) is 16.8 Å². The van der Waals surface area contributed by atoms with Crippen molar-refractivity contribution in [3.8, 4) is 0 Å². The van der Waals surface area contributed by atoms with Crippen LogP contribution in [-0.4, -0.2) is 49.2 Å². The van der Waals surface area contributed by atoms with Gasteiger partial charge in [0.25, 0.3) is 0 Å². The van der Waals surface area contributed by atoms with E-state index >= 15 is 0 Å². The van der Waals surface area contributed by atoms with Crippen molar-refractivity contribution in [1.82, 2.24) is 10.2 Å². The Hall–Kier alpha value is -2.26. The lowest BCUT2D eigenvalue weighted by atomic mass is 10.1. The summed E-state index contributed by atoms with van der Waals surface area (Å²) in [6.45, 7) is 3.18. The Balaban J connectivity index is 2.02. The lowest BCUT2D eigenvalue weighted by Gasteiger charge is -2.29. The summed E-state index contributed by atoms with van der Waals surface area (Å²) in [5.74, 6) is 0.990. The summed E-state index contributed by atoms with van der Waals surface area (Å²) in [6.07, 6.45) is -3.59. The molecule has 0 atom stereocenters. The zero-order valence-corrected chi connectivity index (χ0v) is 12.2. The number of nitrogens with two attached hydrogens (primary N) is 1. The fourth-order valence-corrected chi connectivity index (χ4v) is 2.60. The molecule has 0 amide bonds. The number of quaternary nitrogens is 1. The Labute approximate surface area is 130 Å². The summed E-state index contributed by atoms with van der Waals surface area (Å²) in [5.41, 5.74) is -0.0139. The standard InChI is InChI=1S/C14H15F3N6/c15-14(16,17)9-1-2-11-10(7-9)12(20-8-18)22-13(21-11)23-5-3-19-4-6-23/h1-2,7-8,19H,3-6H2,(H2,18,20,21,22)/p+1. The molecule has 0 radical (unpaired) electrons. The van der Waals surface area contributed by atoms with Crippen LogP contribution in [0.3, 0.4) is 0 Å². The van der Waals surface area contributed by atoms with Gasteiger partial charge in [0, 0.05) is 26.2 Å². The molecule has 0 spiro atoms. The molecule has 122 valence electrons. The van der Waals surface area contributed by atoms with Gasteiger partial charge >= 0.3 is 12.1 Å². The van der Waals surface area contributed by atoms with Crippen LogP contribution in [0.2, 0.25) is 0 Å². The number of nitrogens with zero attached hydrogens (tertiary/aromatic N) is 3. The van der Waals surface area contributed by atoms with E-state index in [2.05, 4.69) is 20.2 Å². The average molecular weight is 325 g/mol. The third-order valence-electron chi connectivity index (χ3n) is 3.75. The predicted octanol–water partition coefficient (Wildman–Crippen LogP) is 0.529. The average Bonchev–Trinajstić information content (AvgIpc) is 2.54. The maximum atomic E-state index is 12.9. The van der Waals surface area contributed by atoms with E-state index in [1.807, 2.05) is 0 Å². The minimum atomic E-state index is -4.42. The lowest BCUT2D eigenvalue weighted by Crippen LogP contribution is -2.95. The number of hydrogen-bond acceptors (Lipinski definition) is 4. The molecule has 1 aromatic rings. The summed E-state index contributed by atoms with van der Waals surface area (Å²) >= 11 is 0. The van der Waals surface area contributed by atoms with Crippen molar-refractivity contribution < 1.29 is 18.5 Å². The molecule has 0 aliphatic carbocycles. The van der Waals surface area contributed by atoms with E-state index in [4.69, 9.17) is 5.41 Å². The van der Waals surface area contributed by atoms with E-state index in [0.717, 1.165) is 44.7 Å². The van der Waals surface area contributed by atoms with Gasteiger partial charge < -0.3 is 10.2 Å². The molecular weight excluding hydrogens is 309 g/mol. The van der Waals surface area contributed by atoms with Crippen LogP contribution in [0.4, 0.5) is 18.9 Å². The summed E-state index contributed by atoms with van der Waals surface area (Å²) < 4.78 is 38.7. The maximum absolute atomic E-state index is 12.9. The first-order chi connectivity index (χ1) is 11.0. The summed E-state index contributed by atoms with van der Waals surface area (Å²) in [5, 5.41) is 12.0. The highest BCUT2D eigenvalue weighted by Gasteiger charge is 2.34. The Bertz CT molecular complexity index is 674. The second-order valence-corrected chi connectivity index (χ2v) is 5.22. The highest BCUT2D eigenvalue weighted by molar-refractivity contribution is 6.06.